The molecule has 0 unspecified atom stereocenters. The molecule has 0 fully saturated rings. The molecule has 0 aliphatic rings. The number of aryl methyl sites for hydroxylation is 2. The number of rotatable bonds is 5. The molecule has 2 nitrogen and oxygen atoms in total. The molecule has 0 amide bonds. The van der Waals surface area contributed by atoms with Crippen LogP contribution in [0.2, 0.25) is 0 Å². The van der Waals surface area contributed by atoms with Gasteiger partial charge in [0.1, 0.15) is 0 Å². The van der Waals surface area contributed by atoms with Gasteiger partial charge in [-0.2, -0.15) is 0 Å². The van der Waals surface area contributed by atoms with E-state index in [4.69, 9.17) is 5.73 Å². The quantitative estimate of drug-likeness (QED) is 0.635. The molecular formula is C17H22N2. The van der Waals surface area contributed by atoms with Crippen LogP contribution in [-0.4, -0.2) is 6.54 Å². The molecule has 0 saturated heterocycles. The van der Waals surface area contributed by atoms with E-state index in [1.807, 2.05) is 12.1 Å². The Labute approximate surface area is 115 Å². The second kappa shape index (κ2) is 6.39. The van der Waals surface area contributed by atoms with E-state index in [1.165, 1.54) is 22.3 Å². The number of nitrogens with two attached hydrogens (primary N) is 1. The Bertz CT molecular complexity index is 529. The first-order valence-corrected chi connectivity index (χ1v) is 6.76. The highest BCUT2D eigenvalue weighted by atomic mass is 14.8. The lowest BCUT2D eigenvalue weighted by Gasteiger charge is -2.08. The molecule has 3 N–H and O–H groups in total. The van der Waals surface area contributed by atoms with Crippen molar-refractivity contribution in [2.75, 3.05) is 12.3 Å². The Morgan fingerprint density at radius 3 is 2.42 bits per heavy atom. The van der Waals surface area contributed by atoms with Gasteiger partial charge in [0.25, 0.3) is 0 Å². The maximum absolute atomic E-state index is 5.67. The zero-order chi connectivity index (χ0) is 13.7. The lowest BCUT2D eigenvalue weighted by Crippen LogP contribution is -2.17. The molecule has 2 aromatic carbocycles. The highest BCUT2D eigenvalue weighted by Crippen LogP contribution is 2.11. The highest BCUT2D eigenvalue weighted by molar-refractivity contribution is 5.39. The van der Waals surface area contributed by atoms with Crippen LogP contribution in [0.5, 0.6) is 0 Å². The molecule has 0 aliphatic carbocycles. The Kier molecular flexibility index (Phi) is 4.58. The highest BCUT2D eigenvalue weighted by Gasteiger charge is 1.98. The van der Waals surface area contributed by atoms with Crippen LogP contribution in [0.15, 0.2) is 42.5 Å². The maximum Gasteiger partial charge on any atom is 0.0314 e. The number of nitrogens with one attached hydrogen (secondary N) is 1. The van der Waals surface area contributed by atoms with Crippen molar-refractivity contribution in [1.29, 1.82) is 0 Å². The van der Waals surface area contributed by atoms with Crippen molar-refractivity contribution < 1.29 is 0 Å². The first-order valence-electron chi connectivity index (χ1n) is 6.76. The van der Waals surface area contributed by atoms with Crippen molar-refractivity contribution in [2.45, 2.75) is 26.8 Å². The fourth-order valence-corrected chi connectivity index (χ4v) is 2.22. The Morgan fingerprint density at radius 2 is 1.74 bits per heavy atom. The average Bonchev–Trinajstić information content (AvgIpc) is 2.39. The molecule has 0 aromatic heterocycles. The van der Waals surface area contributed by atoms with Crippen molar-refractivity contribution in [2.24, 2.45) is 0 Å². The molecular weight excluding hydrogens is 232 g/mol. The van der Waals surface area contributed by atoms with Gasteiger partial charge in [-0.15, -0.1) is 0 Å². The summed E-state index contributed by atoms with van der Waals surface area (Å²) in [5.41, 5.74) is 11.9. The second-order valence-corrected chi connectivity index (χ2v) is 5.10. The minimum atomic E-state index is 0.819. The first kappa shape index (κ1) is 13.6. The van der Waals surface area contributed by atoms with Gasteiger partial charge in [-0.05, 0) is 55.6 Å². The summed E-state index contributed by atoms with van der Waals surface area (Å²) in [7, 11) is 0. The summed E-state index contributed by atoms with van der Waals surface area (Å²) in [5.74, 6) is 0. The monoisotopic (exact) mass is 254 g/mol. The number of anilines is 1. The smallest absolute Gasteiger partial charge is 0.0314 e. The first-order chi connectivity index (χ1) is 9.15. The van der Waals surface area contributed by atoms with Crippen molar-refractivity contribution in [3.05, 3.63) is 64.7 Å². The fraction of sp³-hybridized carbons (Fsp3) is 0.294. The van der Waals surface area contributed by atoms with Crippen molar-refractivity contribution in [3.63, 3.8) is 0 Å². The zero-order valence-corrected chi connectivity index (χ0v) is 11.7. The van der Waals surface area contributed by atoms with E-state index >= 15 is 0 Å². The lowest BCUT2D eigenvalue weighted by molar-refractivity contribution is 0.685. The van der Waals surface area contributed by atoms with Crippen LogP contribution in [0.4, 0.5) is 5.69 Å². The Balaban J connectivity index is 1.79. The average molecular weight is 254 g/mol. The number of nitrogen functional groups attached to an aromatic ring is 1. The van der Waals surface area contributed by atoms with Gasteiger partial charge in [-0.3, -0.25) is 0 Å². The third-order valence-electron chi connectivity index (χ3n) is 3.38. The summed E-state index contributed by atoms with van der Waals surface area (Å²) in [6.45, 7) is 6.21. The van der Waals surface area contributed by atoms with Crippen LogP contribution in [0.3, 0.4) is 0 Å². The van der Waals surface area contributed by atoms with Crippen LogP contribution in [0.25, 0.3) is 0 Å². The fourth-order valence-electron chi connectivity index (χ4n) is 2.22. The van der Waals surface area contributed by atoms with Gasteiger partial charge < -0.3 is 11.1 Å². The van der Waals surface area contributed by atoms with Crippen LogP contribution in [0.1, 0.15) is 22.3 Å². The van der Waals surface area contributed by atoms with Crippen LogP contribution < -0.4 is 11.1 Å². The van der Waals surface area contributed by atoms with Gasteiger partial charge in [-0.1, -0.05) is 35.9 Å². The van der Waals surface area contributed by atoms with Crippen molar-refractivity contribution in [1.82, 2.24) is 5.32 Å². The minimum Gasteiger partial charge on any atom is -0.399 e. The minimum absolute atomic E-state index is 0.819. The largest absolute Gasteiger partial charge is 0.399 e. The lowest BCUT2D eigenvalue weighted by atomic mass is 10.0. The summed E-state index contributed by atoms with van der Waals surface area (Å²) >= 11 is 0. The van der Waals surface area contributed by atoms with Gasteiger partial charge in [-0.25, -0.2) is 0 Å². The number of hydrogen-bond donors (Lipinski definition) is 2. The van der Waals surface area contributed by atoms with E-state index in [9.17, 15) is 0 Å². The maximum atomic E-state index is 5.67. The van der Waals surface area contributed by atoms with Gasteiger partial charge in [0.2, 0.25) is 0 Å². The predicted molar refractivity (Wildman–Crippen MR) is 82.2 cm³/mol. The topological polar surface area (TPSA) is 38.0 Å². The zero-order valence-electron chi connectivity index (χ0n) is 11.7. The van der Waals surface area contributed by atoms with Gasteiger partial charge in [0, 0.05) is 12.2 Å². The van der Waals surface area contributed by atoms with E-state index < -0.39 is 0 Å². The van der Waals surface area contributed by atoms with E-state index in [0.29, 0.717) is 0 Å². The third kappa shape index (κ3) is 4.11. The molecule has 0 heterocycles. The van der Waals surface area contributed by atoms with E-state index in [-0.39, 0.29) is 0 Å². The van der Waals surface area contributed by atoms with Crippen LogP contribution in [-0.2, 0) is 13.0 Å². The summed E-state index contributed by atoms with van der Waals surface area (Å²) in [6, 6.07) is 14.7. The number of hydrogen-bond acceptors (Lipinski definition) is 2. The summed E-state index contributed by atoms with van der Waals surface area (Å²) < 4.78 is 0. The molecule has 0 bridgehead atoms. The molecule has 2 aromatic rings. The molecule has 2 heteroatoms. The van der Waals surface area contributed by atoms with Crippen molar-refractivity contribution >= 4 is 5.69 Å². The van der Waals surface area contributed by atoms with Gasteiger partial charge >= 0.3 is 0 Å². The third-order valence-corrected chi connectivity index (χ3v) is 3.38. The molecule has 0 aliphatic heterocycles. The summed E-state index contributed by atoms with van der Waals surface area (Å²) in [5, 5.41) is 3.47. The molecule has 100 valence electrons. The van der Waals surface area contributed by atoms with Gasteiger partial charge in [0.15, 0.2) is 0 Å². The molecule has 0 radical (unpaired) electrons. The summed E-state index contributed by atoms with van der Waals surface area (Å²) in [6.07, 6.45) is 1.07. The van der Waals surface area contributed by atoms with E-state index in [1.54, 1.807) is 0 Å². The Hall–Kier alpha value is -1.80. The molecule has 2 rings (SSSR count). The van der Waals surface area contributed by atoms with E-state index in [2.05, 4.69) is 49.5 Å². The summed E-state index contributed by atoms with van der Waals surface area (Å²) in [4.78, 5) is 0. The SMILES string of the molecule is Cc1ccc(CCNCc2ccc(N)cc2)c(C)c1. The van der Waals surface area contributed by atoms with Crippen molar-refractivity contribution in [3.8, 4) is 0 Å². The van der Waals surface area contributed by atoms with E-state index in [0.717, 1.165) is 25.2 Å². The standard InChI is InChI=1S/C17H22N2/c1-13-3-6-16(14(2)11-13)9-10-19-12-15-4-7-17(18)8-5-15/h3-8,11,19H,9-10,12,18H2,1-2H3. The van der Waals surface area contributed by atoms with Crippen LogP contribution in [0, 0.1) is 13.8 Å². The normalized spacial score (nSPS) is 10.6. The van der Waals surface area contributed by atoms with Crippen LogP contribution >= 0.6 is 0 Å². The molecule has 0 spiro atoms. The molecule has 0 atom stereocenters. The Morgan fingerprint density at radius 1 is 1.00 bits per heavy atom. The second-order valence-electron chi connectivity index (χ2n) is 5.10. The van der Waals surface area contributed by atoms with Gasteiger partial charge in [0.05, 0.1) is 0 Å². The number of benzene rings is 2. The predicted octanol–water partition coefficient (Wildman–Crippen LogP) is 3.22. The molecule has 0 saturated carbocycles. The molecule has 19 heavy (non-hydrogen) atoms.